The fraction of sp³-hybridized carbons (Fsp3) is 0.667. The third-order valence-corrected chi connectivity index (χ3v) is 4.87. The van der Waals surface area contributed by atoms with Crippen molar-refractivity contribution in [3.63, 3.8) is 0 Å². The number of hydrogen-bond acceptors (Lipinski definition) is 2. The van der Waals surface area contributed by atoms with Crippen molar-refractivity contribution in [2.24, 2.45) is 5.92 Å². The molecule has 1 N–H and O–H groups in total. The lowest BCUT2D eigenvalue weighted by molar-refractivity contribution is 0.168. The number of rotatable bonds is 7. The van der Waals surface area contributed by atoms with Gasteiger partial charge in [-0.2, -0.15) is 0 Å². The predicted molar refractivity (Wildman–Crippen MR) is 84.8 cm³/mol. The summed E-state index contributed by atoms with van der Waals surface area (Å²) >= 11 is 0. The Morgan fingerprint density at radius 2 is 2.14 bits per heavy atom. The first kappa shape index (κ1) is 15.0. The SMILES string of the molecule is CCC(c1cccc(F)c1)N(CC1CC1)CC1CCCN1. The van der Waals surface area contributed by atoms with E-state index in [1.165, 1.54) is 32.2 Å². The maximum Gasteiger partial charge on any atom is 0.123 e. The topological polar surface area (TPSA) is 15.3 Å². The predicted octanol–water partition coefficient (Wildman–Crippen LogP) is 3.74. The van der Waals surface area contributed by atoms with Crippen molar-refractivity contribution < 1.29 is 4.39 Å². The highest BCUT2D eigenvalue weighted by Crippen LogP contribution is 2.34. The van der Waals surface area contributed by atoms with Gasteiger partial charge in [-0.15, -0.1) is 0 Å². The van der Waals surface area contributed by atoms with Crippen molar-refractivity contribution in [1.82, 2.24) is 10.2 Å². The van der Waals surface area contributed by atoms with Gasteiger partial charge in [0, 0.05) is 25.2 Å². The van der Waals surface area contributed by atoms with Crippen LogP contribution in [0.3, 0.4) is 0 Å². The van der Waals surface area contributed by atoms with Crippen LogP contribution in [0.5, 0.6) is 0 Å². The summed E-state index contributed by atoms with van der Waals surface area (Å²) in [5.41, 5.74) is 1.14. The van der Waals surface area contributed by atoms with Crippen LogP contribution in [0, 0.1) is 11.7 Å². The molecule has 2 fully saturated rings. The molecule has 3 heteroatoms. The first-order valence-corrected chi connectivity index (χ1v) is 8.49. The third-order valence-electron chi connectivity index (χ3n) is 4.87. The van der Waals surface area contributed by atoms with Gasteiger partial charge in [0.15, 0.2) is 0 Å². The van der Waals surface area contributed by atoms with Gasteiger partial charge in [0.25, 0.3) is 0 Å². The van der Waals surface area contributed by atoms with E-state index >= 15 is 0 Å². The molecule has 1 aromatic carbocycles. The Hall–Kier alpha value is -0.930. The molecule has 1 aliphatic heterocycles. The Kier molecular flexibility index (Phi) is 4.91. The van der Waals surface area contributed by atoms with E-state index in [9.17, 15) is 4.39 Å². The molecule has 2 nitrogen and oxygen atoms in total. The van der Waals surface area contributed by atoms with Crippen LogP contribution in [0.25, 0.3) is 0 Å². The molecule has 21 heavy (non-hydrogen) atoms. The number of nitrogens with zero attached hydrogens (tertiary/aromatic N) is 1. The van der Waals surface area contributed by atoms with E-state index in [1.54, 1.807) is 12.1 Å². The van der Waals surface area contributed by atoms with Gasteiger partial charge in [0.2, 0.25) is 0 Å². The third kappa shape index (κ3) is 4.04. The minimum Gasteiger partial charge on any atom is -0.313 e. The van der Waals surface area contributed by atoms with Gasteiger partial charge in [-0.1, -0.05) is 19.1 Å². The van der Waals surface area contributed by atoms with E-state index < -0.39 is 0 Å². The quantitative estimate of drug-likeness (QED) is 0.823. The summed E-state index contributed by atoms with van der Waals surface area (Å²) in [6.07, 6.45) is 6.35. The minimum atomic E-state index is -0.115. The zero-order valence-corrected chi connectivity index (χ0v) is 13.0. The van der Waals surface area contributed by atoms with E-state index in [-0.39, 0.29) is 5.82 Å². The largest absolute Gasteiger partial charge is 0.313 e. The molecule has 1 aromatic rings. The van der Waals surface area contributed by atoms with Crippen molar-refractivity contribution in [2.45, 2.75) is 51.1 Å². The summed E-state index contributed by atoms with van der Waals surface area (Å²) < 4.78 is 13.6. The zero-order valence-electron chi connectivity index (χ0n) is 13.0. The van der Waals surface area contributed by atoms with E-state index in [2.05, 4.69) is 23.2 Å². The van der Waals surface area contributed by atoms with Crippen molar-refractivity contribution in [3.8, 4) is 0 Å². The molecule has 2 aliphatic rings. The van der Waals surface area contributed by atoms with Crippen LogP contribution in [0.15, 0.2) is 24.3 Å². The second kappa shape index (κ2) is 6.89. The molecule has 3 rings (SSSR count). The average Bonchev–Trinajstić information content (AvgIpc) is 3.13. The molecule has 1 aliphatic carbocycles. The second-order valence-corrected chi connectivity index (χ2v) is 6.67. The Morgan fingerprint density at radius 1 is 1.29 bits per heavy atom. The van der Waals surface area contributed by atoms with Gasteiger partial charge in [-0.25, -0.2) is 4.39 Å². The summed E-state index contributed by atoms with van der Waals surface area (Å²) in [6, 6.07) is 8.15. The second-order valence-electron chi connectivity index (χ2n) is 6.67. The van der Waals surface area contributed by atoms with E-state index in [4.69, 9.17) is 0 Å². The Labute approximate surface area is 127 Å². The summed E-state index contributed by atoms with van der Waals surface area (Å²) in [5, 5.41) is 3.61. The van der Waals surface area contributed by atoms with Gasteiger partial charge in [-0.3, -0.25) is 4.90 Å². The first-order valence-electron chi connectivity index (χ1n) is 8.49. The Bertz CT molecular complexity index is 452. The molecule has 0 bridgehead atoms. The molecule has 2 atom stereocenters. The van der Waals surface area contributed by atoms with Crippen LogP contribution in [-0.2, 0) is 0 Å². The fourth-order valence-electron chi connectivity index (χ4n) is 3.58. The maximum absolute atomic E-state index is 13.6. The van der Waals surface area contributed by atoms with Crippen LogP contribution in [0.4, 0.5) is 4.39 Å². The minimum absolute atomic E-state index is 0.115. The van der Waals surface area contributed by atoms with E-state index in [0.29, 0.717) is 12.1 Å². The molecular formula is C18H27FN2. The Balaban J connectivity index is 1.74. The smallest absolute Gasteiger partial charge is 0.123 e. The molecule has 1 saturated heterocycles. The van der Waals surface area contributed by atoms with Crippen molar-refractivity contribution in [3.05, 3.63) is 35.6 Å². The fourth-order valence-corrected chi connectivity index (χ4v) is 3.58. The summed E-state index contributed by atoms with van der Waals surface area (Å²) in [5.74, 6) is 0.755. The first-order chi connectivity index (χ1) is 10.3. The average molecular weight is 290 g/mol. The standard InChI is InChI=1S/C18H27FN2/c1-2-18(15-5-3-6-16(19)11-15)21(12-14-8-9-14)13-17-7-4-10-20-17/h3,5-6,11,14,17-18,20H,2,4,7-10,12-13H2,1H3. The highest BCUT2D eigenvalue weighted by molar-refractivity contribution is 5.20. The van der Waals surface area contributed by atoms with Crippen molar-refractivity contribution in [1.29, 1.82) is 0 Å². The normalized spacial score (nSPS) is 23.7. The van der Waals surface area contributed by atoms with Gasteiger partial charge in [0.05, 0.1) is 0 Å². The van der Waals surface area contributed by atoms with E-state index in [1.807, 2.05) is 6.07 Å². The molecule has 0 aromatic heterocycles. The van der Waals surface area contributed by atoms with Crippen LogP contribution < -0.4 is 5.32 Å². The molecule has 116 valence electrons. The lowest BCUT2D eigenvalue weighted by atomic mass is 10.0. The summed E-state index contributed by atoms with van der Waals surface area (Å²) in [4.78, 5) is 2.61. The van der Waals surface area contributed by atoms with Crippen LogP contribution in [0.1, 0.15) is 50.6 Å². The lowest BCUT2D eigenvalue weighted by Gasteiger charge is -2.33. The monoisotopic (exact) mass is 290 g/mol. The molecule has 1 saturated carbocycles. The molecule has 2 unspecified atom stereocenters. The highest BCUT2D eigenvalue weighted by Gasteiger charge is 2.30. The van der Waals surface area contributed by atoms with Gasteiger partial charge in [-0.05, 0) is 62.3 Å². The Morgan fingerprint density at radius 3 is 2.76 bits per heavy atom. The molecular weight excluding hydrogens is 263 g/mol. The zero-order chi connectivity index (χ0) is 14.7. The summed E-state index contributed by atoms with van der Waals surface area (Å²) in [6.45, 7) is 5.65. The van der Waals surface area contributed by atoms with Gasteiger partial charge in [0.1, 0.15) is 5.82 Å². The van der Waals surface area contributed by atoms with Crippen LogP contribution in [0.2, 0.25) is 0 Å². The van der Waals surface area contributed by atoms with Gasteiger partial charge < -0.3 is 5.32 Å². The number of benzene rings is 1. The number of nitrogens with one attached hydrogen (secondary N) is 1. The number of halogens is 1. The number of hydrogen-bond donors (Lipinski definition) is 1. The van der Waals surface area contributed by atoms with E-state index in [0.717, 1.165) is 31.0 Å². The van der Waals surface area contributed by atoms with Crippen LogP contribution >= 0.6 is 0 Å². The lowest BCUT2D eigenvalue weighted by Crippen LogP contribution is -2.40. The molecule has 0 spiro atoms. The van der Waals surface area contributed by atoms with Crippen molar-refractivity contribution >= 4 is 0 Å². The van der Waals surface area contributed by atoms with Crippen molar-refractivity contribution in [2.75, 3.05) is 19.6 Å². The molecule has 0 amide bonds. The van der Waals surface area contributed by atoms with Crippen LogP contribution in [-0.4, -0.2) is 30.6 Å². The molecule has 1 heterocycles. The summed E-state index contributed by atoms with van der Waals surface area (Å²) in [7, 11) is 0. The highest BCUT2D eigenvalue weighted by atomic mass is 19.1. The maximum atomic E-state index is 13.6. The molecule has 0 radical (unpaired) electrons. The van der Waals surface area contributed by atoms with Gasteiger partial charge >= 0.3 is 0 Å².